The van der Waals surface area contributed by atoms with E-state index < -0.39 is 38.4 Å². The van der Waals surface area contributed by atoms with Crippen molar-refractivity contribution in [3.05, 3.63) is 0 Å². The molecule has 2 saturated heterocycles. The molecule has 0 bridgehead atoms. The van der Waals surface area contributed by atoms with Crippen LogP contribution in [0.5, 0.6) is 0 Å². The third kappa shape index (κ3) is 5.94. The lowest BCUT2D eigenvalue weighted by Crippen LogP contribution is -2.50. The molecule has 1 amide bonds. The summed E-state index contributed by atoms with van der Waals surface area (Å²) in [4.78, 5) is 27.1. The monoisotopic (exact) mass is 464 g/mol. The van der Waals surface area contributed by atoms with Gasteiger partial charge in [-0.25, -0.2) is 21.1 Å². The lowest BCUT2D eigenvalue weighted by molar-refractivity contribution is -0.158. The van der Waals surface area contributed by atoms with Crippen LogP contribution in [-0.4, -0.2) is 87.5 Å². The molecule has 3 rings (SSSR count). The molecule has 1 saturated carbocycles. The molecular formula is C19H32N2O7S2. The van der Waals surface area contributed by atoms with Crippen LogP contribution in [0.1, 0.15) is 51.4 Å². The average molecular weight is 465 g/mol. The molecule has 0 radical (unpaired) electrons. The number of hydrogen-bond acceptors (Lipinski definition) is 7. The first kappa shape index (κ1) is 23.5. The van der Waals surface area contributed by atoms with Gasteiger partial charge < -0.3 is 9.64 Å². The van der Waals surface area contributed by atoms with Gasteiger partial charge >= 0.3 is 5.97 Å². The maximum absolute atomic E-state index is 13.0. The van der Waals surface area contributed by atoms with Gasteiger partial charge in [0.25, 0.3) is 5.91 Å². The summed E-state index contributed by atoms with van der Waals surface area (Å²) in [6.07, 6.45) is 7.14. The molecule has 11 heteroatoms. The summed E-state index contributed by atoms with van der Waals surface area (Å²) < 4.78 is 53.7. The van der Waals surface area contributed by atoms with Crippen molar-refractivity contribution in [2.45, 2.75) is 63.5 Å². The first-order valence-corrected chi connectivity index (χ1v) is 14.4. The number of rotatable bonds is 6. The predicted molar refractivity (Wildman–Crippen MR) is 111 cm³/mol. The zero-order chi connectivity index (χ0) is 21.9. The summed E-state index contributed by atoms with van der Waals surface area (Å²) in [5.41, 5.74) is 0. The Labute approximate surface area is 179 Å². The zero-order valence-corrected chi connectivity index (χ0v) is 19.1. The van der Waals surface area contributed by atoms with Crippen LogP contribution in [-0.2, 0) is 34.2 Å². The van der Waals surface area contributed by atoms with Gasteiger partial charge in [0, 0.05) is 25.2 Å². The largest absolute Gasteiger partial charge is 0.455 e. The molecule has 3 aliphatic rings. The van der Waals surface area contributed by atoms with Gasteiger partial charge in [0.1, 0.15) is 0 Å². The highest BCUT2D eigenvalue weighted by Gasteiger charge is 2.39. The van der Waals surface area contributed by atoms with Crippen molar-refractivity contribution >= 4 is 31.7 Å². The molecule has 30 heavy (non-hydrogen) atoms. The fourth-order valence-electron chi connectivity index (χ4n) is 4.81. The topological polar surface area (TPSA) is 118 Å². The Kier molecular flexibility index (Phi) is 7.44. The van der Waals surface area contributed by atoms with Crippen LogP contribution in [0, 0.1) is 5.92 Å². The first-order valence-electron chi connectivity index (χ1n) is 10.7. The molecule has 2 heterocycles. The van der Waals surface area contributed by atoms with Crippen molar-refractivity contribution < 1.29 is 31.2 Å². The van der Waals surface area contributed by atoms with E-state index in [1.165, 1.54) is 4.31 Å². The summed E-state index contributed by atoms with van der Waals surface area (Å²) in [5.74, 6) is -1.17. The molecule has 9 nitrogen and oxygen atoms in total. The summed E-state index contributed by atoms with van der Waals surface area (Å²) in [6.45, 7) is 0.138. The van der Waals surface area contributed by atoms with E-state index in [0.29, 0.717) is 19.3 Å². The van der Waals surface area contributed by atoms with Crippen molar-refractivity contribution in [3.63, 3.8) is 0 Å². The molecule has 0 spiro atoms. The molecule has 0 aromatic heterocycles. The van der Waals surface area contributed by atoms with Crippen molar-refractivity contribution in [2.24, 2.45) is 5.92 Å². The van der Waals surface area contributed by atoms with E-state index in [1.54, 1.807) is 4.90 Å². The standard InChI is InChI=1S/C19H32N2O7S2/c1-29(24,25)20-10-7-15(8-11-20)19(23)28-13-18(22)21(16-5-3-2-4-6-16)17-9-12-30(26,27)14-17/h15-17H,2-14H2,1H3. The number of carbonyl (C=O) groups excluding carboxylic acids is 2. The van der Waals surface area contributed by atoms with Gasteiger partial charge in [0.2, 0.25) is 10.0 Å². The van der Waals surface area contributed by atoms with Crippen LogP contribution in [0.2, 0.25) is 0 Å². The minimum Gasteiger partial charge on any atom is -0.455 e. The molecular weight excluding hydrogens is 432 g/mol. The molecule has 0 N–H and O–H groups in total. The minimum absolute atomic E-state index is 0.00116. The second-order valence-corrected chi connectivity index (χ2v) is 12.9. The van der Waals surface area contributed by atoms with Crippen molar-refractivity contribution in [3.8, 4) is 0 Å². The quantitative estimate of drug-likeness (QED) is 0.527. The normalized spacial score (nSPS) is 26.4. The van der Waals surface area contributed by atoms with Crippen LogP contribution < -0.4 is 0 Å². The smallest absolute Gasteiger partial charge is 0.309 e. The first-order chi connectivity index (χ1) is 14.1. The summed E-state index contributed by atoms with van der Waals surface area (Å²) in [7, 11) is -6.41. The highest BCUT2D eigenvalue weighted by molar-refractivity contribution is 7.91. The van der Waals surface area contributed by atoms with Gasteiger partial charge in [-0.05, 0) is 32.1 Å². The third-order valence-electron chi connectivity index (χ3n) is 6.45. The molecule has 1 aliphatic carbocycles. The van der Waals surface area contributed by atoms with Crippen LogP contribution in [0.4, 0.5) is 0 Å². The average Bonchev–Trinajstić information content (AvgIpc) is 3.05. The predicted octanol–water partition coefficient (Wildman–Crippen LogP) is 0.550. The molecule has 2 aliphatic heterocycles. The Morgan fingerprint density at radius 2 is 1.63 bits per heavy atom. The van der Waals surface area contributed by atoms with Gasteiger partial charge in [-0.3, -0.25) is 9.59 Å². The minimum atomic E-state index is -3.27. The molecule has 1 atom stereocenters. The summed E-state index contributed by atoms with van der Waals surface area (Å²) in [5, 5.41) is 0. The number of piperidine rings is 1. The second kappa shape index (κ2) is 9.52. The molecule has 0 aromatic rings. The van der Waals surface area contributed by atoms with Crippen molar-refractivity contribution in [2.75, 3.05) is 37.5 Å². The molecule has 3 fully saturated rings. The maximum atomic E-state index is 13.0. The molecule has 0 aromatic carbocycles. The number of nitrogens with zero attached hydrogens (tertiary/aromatic N) is 2. The van der Waals surface area contributed by atoms with Gasteiger partial charge in [0.15, 0.2) is 16.4 Å². The molecule has 172 valence electrons. The van der Waals surface area contributed by atoms with Crippen molar-refractivity contribution in [1.29, 1.82) is 0 Å². The summed E-state index contributed by atoms with van der Waals surface area (Å²) >= 11 is 0. The van der Waals surface area contributed by atoms with E-state index in [9.17, 15) is 26.4 Å². The van der Waals surface area contributed by atoms with Gasteiger partial charge in [-0.2, -0.15) is 0 Å². The Balaban J connectivity index is 1.57. The van der Waals surface area contributed by atoms with E-state index in [0.717, 1.165) is 38.4 Å². The van der Waals surface area contributed by atoms with Crippen LogP contribution >= 0.6 is 0 Å². The lowest BCUT2D eigenvalue weighted by Gasteiger charge is -2.38. The van der Waals surface area contributed by atoms with E-state index in [4.69, 9.17) is 4.74 Å². The number of sulfone groups is 1. The fourth-order valence-corrected chi connectivity index (χ4v) is 7.39. The highest BCUT2D eigenvalue weighted by Crippen LogP contribution is 2.28. The number of carbonyl (C=O) groups is 2. The third-order valence-corrected chi connectivity index (χ3v) is 9.51. The maximum Gasteiger partial charge on any atom is 0.309 e. The van der Waals surface area contributed by atoms with E-state index >= 15 is 0 Å². The van der Waals surface area contributed by atoms with Crippen LogP contribution in [0.3, 0.4) is 0 Å². The Morgan fingerprint density at radius 1 is 1.00 bits per heavy atom. The number of amides is 1. The van der Waals surface area contributed by atoms with E-state index in [1.807, 2.05) is 0 Å². The number of esters is 1. The van der Waals surface area contributed by atoms with Gasteiger partial charge in [-0.1, -0.05) is 19.3 Å². The Morgan fingerprint density at radius 3 is 2.17 bits per heavy atom. The van der Waals surface area contributed by atoms with Crippen molar-refractivity contribution in [1.82, 2.24) is 9.21 Å². The summed E-state index contributed by atoms with van der Waals surface area (Å²) in [6, 6.07) is -0.344. The van der Waals surface area contributed by atoms with Gasteiger partial charge in [0.05, 0.1) is 23.7 Å². The van der Waals surface area contributed by atoms with E-state index in [-0.39, 0.29) is 42.6 Å². The number of hydrogen-bond donors (Lipinski definition) is 0. The number of ether oxygens (including phenoxy) is 1. The second-order valence-electron chi connectivity index (χ2n) is 8.69. The van der Waals surface area contributed by atoms with E-state index in [2.05, 4.69) is 0 Å². The Hall–Kier alpha value is -1.20. The molecule has 1 unspecified atom stereocenters. The zero-order valence-electron chi connectivity index (χ0n) is 17.5. The number of sulfonamides is 1. The van der Waals surface area contributed by atoms with Gasteiger partial charge in [-0.15, -0.1) is 0 Å². The SMILES string of the molecule is CS(=O)(=O)N1CCC(C(=O)OCC(=O)N(C2CCCCC2)C2CCS(=O)(=O)C2)CC1. The highest BCUT2D eigenvalue weighted by atomic mass is 32.2. The van der Waals surface area contributed by atoms with Crippen LogP contribution in [0.25, 0.3) is 0 Å². The van der Waals surface area contributed by atoms with Crippen LogP contribution in [0.15, 0.2) is 0 Å². The Bertz CT molecular complexity index is 842. The fraction of sp³-hybridized carbons (Fsp3) is 0.895. The lowest BCUT2D eigenvalue weighted by atomic mass is 9.93.